The molecule has 0 bridgehead atoms. The fourth-order valence-corrected chi connectivity index (χ4v) is 4.23. The fraction of sp³-hybridized carbons (Fsp3) is 0.472. The standard InChI is InChI=1S/C36H50N4O10/c1-5-7-8-12-32(41)38-27-10-9-11-28(22-27)39-33(42)24-37-36(45)30-23-29(40-34(43)25-50-35(44)21-26(3)6-2)13-14-31(30)49-20-19-48-18-17-47-16-15-46-4/h6,9-11,13-14,22-23,26H,2,5,7-8,12,15-21,24-25H2,1,3-4H3,(H,37,45)(H,38,41)(H,39,42)(H,40,43). The number of benzene rings is 2. The van der Waals surface area contributed by atoms with Crippen molar-refractivity contribution in [2.45, 2.75) is 46.0 Å². The van der Waals surface area contributed by atoms with E-state index >= 15 is 0 Å². The van der Waals surface area contributed by atoms with Gasteiger partial charge in [-0.25, -0.2) is 0 Å². The molecule has 0 fully saturated rings. The Hall–Kier alpha value is -4.79. The molecule has 2 aromatic rings. The SMILES string of the molecule is C=CC(C)CC(=O)OCC(=O)Nc1ccc(OCCOCCOCCOC)c(C(=O)NCC(=O)Nc2cccc(NC(=O)CCCCC)c2)c1. The van der Waals surface area contributed by atoms with E-state index in [1.807, 2.05) is 0 Å². The topological polar surface area (TPSA) is 180 Å². The van der Waals surface area contributed by atoms with E-state index in [0.717, 1.165) is 19.3 Å². The van der Waals surface area contributed by atoms with E-state index < -0.39 is 30.3 Å². The Balaban J connectivity index is 2.01. The minimum absolute atomic E-state index is 0.0445. The Labute approximate surface area is 293 Å². The number of hydrogen-bond donors (Lipinski definition) is 4. The number of nitrogens with one attached hydrogen (secondary N) is 4. The molecule has 2 aromatic carbocycles. The van der Waals surface area contributed by atoms with E-state index in [0.29, 0.717) is 44.2 Å². The van der Waals surface area contributed by atoms with Gasteiger partial charge in [-0.3, -0.25) is 24.0 Å². The number of allylic oxidation sites excluding steroid dienone is 1. The average molecular weight is 699 g/mol. The van der Waals surface area contributed by atoms with Gasteiger partial charge in [0.25, 0.3) is 11.8 Å². The molecule has 0 aromatic heterocycles. The van der Waals surface area contributed by atoms with Crippen LogP contribution in [0, 0.1) is 5.92 Å². The Bertz CT molecular complexity index is 1400. The summed E-state index contributed by atoms with van der Waals surface area (Å²) in [7, 11) is 1.59. The summed E-state index contributed by atoms with van der Waals surface area (Å²) in [5.41, 5.74) is 1.26. The quantitative estimate of drug-likeness (QED) is 0.0663. The van der Waals surface area contributed by atoms with Crippen molar-refractivity contribution in [3.8, 4) is 5.75 Å². The van der Waals surface area contributed by atoms with Crippen molar-refractivity contribution in [1.29, 1.82) is 0 Å². The number of carbonyl (C=O) groups excluding carboxylic acids is 5. The van der Waals surface area contributed by atoms with Crippen LogP contribution in [-0.2, 0) is 38.1 Å². The van der Waals surface area contributed by atoms with Crippen LogP contribution in [0.15, 0.2) is 55.1 Å². The van der Waals surface area contributed by atoms with E-state index in [1.54, 1.807) is 44.4 Å². The average Bonchev–Trinajstić information content (AvgIpc) is 3.09. The fourth-order valence-electron chi connectivity index (χ4n) is 4.23. The number of methoxy groups -OCH3 is 1. The highest BCUT2D eigenvalue weighted by molar-refractivity contribution is 6.02. The molecule has 50 heavy (non-hydrogen) atoms. The maximum absolute atomic E-state index is 13.3. The summed E-state index contributed by atoms with van der Waals surface area (Å²) in [4.78, 5) is 62.6. The molecular formula is C36H50N4O10. The molecule has 0 saturated heterocycles. The third kappa shape index (κ3) is 17.6. The van der Waals surface area contributed by atoms with Gasteiger partial charge in [-0.1, -0.05) is 38.8 Å². The van der Waals surface area contributed by atoms with Gasteiger partial charge in [-0.15, -0.1) is 6.58 Å². The van der Waals surface area contributed by atoms with Crippen LogP contribution < -0.4 is 26.0 Å². The number of esters is 1. The molecule has 4 N–H and O–H groups in total. The Kier molecular flexibility index (Phi) is 20.2. The Morgan fingerprint density at radius 1 is 0.800 bits per heavy atom. The molecule has 1 unspecified atom stereocenters. The predicted octanol–water partition coefficient (Wildman–Crippen LogP) is 4.33. The van der Waals surface area contributed by atoms with Crippen LogP contribution in [0.5, 0.6) is 5.75 Å². The van der Waals surface area contributed by atoms with Crippen LogP contribution in [0.3, 0.4) is 0 Å². The van der Waals surface area contributed by atoms with E-state index in [9.17, 15) is 24.0 Å². The van der Waals surface area contributed by atoms with Crippen LogP contribution in [-0.4, -0.2) is 89.5 Å². The summed E-state index contributed by atoms with van der Waals surface area (Å²) in [5, 5.41) is 10.7. The minimum atomic E-state index is -0.642. The van der Waals surface area contributed by atoms with Crippen molar-refractivity contribution < 1.29 is 47.7 Å². The number of amides is 4. The normalized spacial score (nSPS) is 11.2. The lowest BCUT2D eigenvalue weighted by atomic mass is 10.1. The van der Waals surface area contributed by atoms with Gasteiger partial charge in [-0.2, -0.15) is 0 Å². The molecule has 14 nitrogen and oxygen atoms in total. The Morgan fingerprint density at radius 2 is 1.44 bits per heavy atom. The van der Waals surface area contributed by atoms with Gasteiger partial charge in [0.15, 0.2) is 6.61 Å². The summed E-state index contributed by atoms with van der Waals surface area (Å²) >= 11 is 0. The number of rotatable bonds is 25. The van der Waals surface area contributed by atoms with Crippen LogP contribution in [0.1, 0.15) is 56.3 Å². The zero-order valence-electron chi connectivity index (χ0n) is 29.2. The second kappa shape index (κ2) is 24.4. The van der Waals surface area contributed by atoms with E-state index in [-0.39, 0.29) is 55.0 Å². The minimum Gasteiger partial charge on any atom is -0.490 e. The lowest BCUT2D eigenvalue weighted by Crippen LogP contribution is -2.33. The van der Waals surface area contributed by atoms with Gasteiger partial charge >= 0.3 is 5.97 Å². The monoisotopic (exact) mass is 698 g/mol. The number of anilines is 3. The molecule has 2 rings (SSSR count). The zero-order valence-corrected chi connectivity index (χ0v) is 29.2. The predicted molar refractivity (Wildman–Crippen MR) is 189 cm³/mol. The van der Waals surface area contributed by atoms with E-state index in [1.165, 1.54) is 18.2 Å². The molecule has 0 aliphatic rings. The summed E-state index contributed by atoms with van der Waals surface area (Å²) < 4.78 is 26.6. The molecule has 4 amide bonds. The van der Waals surface area contributed by atoms with Crippen molar-refractivity contribution >= 4 is 46.7 Å². The highest BCUT2D eigenvalue weighted by atomic mass is 16.6. The number of ether oxygens (including phenoxy) is 5. The number of unbranched alkanes of at least 4 members (excludes halogenated alkanes) is 2. The van der Waals surface area contributed by atoms with Crippen molar-refractivity contribution in [2.24, 2.45) is 5.92 Å². The number of carbonyl (C=O) groups is 5. The second-order valence-electron chi connectivity index (χ2n) is 11.2. The molecular weight excluding hydrogens is 648 g/mol. The van der Waals surface area contributed by atoms with E-state index in [2.05, 4.69) is 34.8 Å². The molecule has 0 aliphatic carbocycles. The molecule has 274 valence electrons. The third-order valence-corrected chi connectivity index (χ3v) is 6.90. The van der Waals surface area contributed by atoms with Crippen LogP contribution >= 0.6 is 0 Å². The molecule has 14 heteroatoms. The molecule has 0 saturated carbocycles. The molecule has 1 atom stereocenters. The van der Waals surface area contributed by atoms with Gasteiger partial charge in [0.2, 0.25) is 11.8 Å². The lowest BCUT2D eigenvalue weighted by Gasteiger charge is -2.15. The van der Waals surface area contributed by atoms with Gasteiger partial charge in [0, 0.05) is 30.6 Å². The first-order valence-electron chi connectivity index (χ1n) is 16.6. The maximum atomic E-state index is 13.3. The molecule has 0 spiro atoms. The van der Waals surface area contributed by atoms with Gasteiger partial charge in [-0.05, 0) is 48.7 Å². The van der Waals surface area contributed by atoms with Gasteiger partial charge in [0.05, 0.1) is 51.6 Å². The van der Waals surface area contributed by atoms with Crippen molar-refractivity contribution in [1.82, 2.24) is 5.32 Å². The number of hydrogen-bond acceptors (Lipinski definition) is 10. The highest BCUT2D eigenvalue weighted by Gasteiger charge is 2.17. The summed E-state index contributed by atoms with van der Waals surface area (Å²) in [6, 6.07) is 11.1. The summed E-state index contributed by atoms with van der Waals surface area (Å²) in [6.07, 6.45) is 4.89. The van der Waals surface area contributed by atoms with Crippen molar-refractivity contribution in [3.05, 3.63) is 60.7 Å². The van der Waals surface area contributed by atoms with Gasteiger partial charge in [0.1, 0.15) is 12.4 Å². The summed E-state index contributed by atoms with van der Waals surface area (Å²) in [5.74, 6) is -2.32. The van der Waals surface area contributed by atoms with Crippen LogP contribution in [0.4, 0.5) is 17.1 Å². The first-order chi connectivity index (χ1) is 24.1. The highest BCUT2D eigenvalue weighted by Crippen LogP contribution is 2.23. The largest absolute Gasteiger partial charge is 0.490 e. The zero-order chi connectivity index (χ0) is 36.6. The lowest BCUT2D eigenvalue weighted by molar-refractivity contribution is -0.147. The van der Waals surface area contributed by atoms with Gasteiger partial charge < -0.3 is 45.0 Å². The van der Waals surface area contributed by atoms with Crippen molar-refractivity contribution in [2.75, 3.05) is 75.9 Å². The first-order valence-corrected chi connectivity index (χ1v) is 16.6. The molecule has 0 aliphatic heterocycles. The second-order valence-corrected chi connectivity index (χ2v) is 11.2. The summed E-state index contributed by atoms with van der Waals surface area (Å²) in [6.45, 7) is 8.57. The van der Waals surface area contributed by atoms with Crippen LogP contribution in [0.2, 0.25) is 0 Å². The van der Waals surface area contributed by atoms with E-state index in [4.69, 9.17) is 23.7 Å². The van der Waals surface area contributed by atoms with Crippen molar-refractivity contribution in [3.63, 3.8) is 0 Å². The van der Waals surface area contributed by atoms with Crippen LogP contribution in [0.25, 0.3) is 0 Å². The smallest absolute Gasteiger partial charge is 0.306 e. The Morgan fingerprint density at radius 3 is 2.12 bits per heavy atom. The third-order valence-electron chi connectivity index (χ3n) is 6.90. The first kappa shape index (κ1) is 41.4. The maximum Gasteiger partial charge on any atom is 0.306 e. The molecule has 0 heterocycles. The molecule has 0 radical (unpaired) electrons.